The van der Waals surface area contributed by atoms with Crippen LogP contribution < -0.4 is 10.1 Å². The van der Waals surface area contributed by atoms with Crippen LogP contribution in [0, 0.1) is 5.82 Å². The van der Waals surface area contributed by atoms with Gasteiger partial charge in [0.25, 0.3) is 0 Å². The SMILES string of the molecule is COc1cc(C(C)NC2CC2c2ccccc2)ccc1F. The molecule has 0 aliphatic heterocycles. The van der Waals surface area contributed by atoms with Gasteiger partial charge in [0, 0.05) is 18.0 Å². The van der Waals surface area contributed by atoms with E-state index in [1.54, 1.807) is 6.07 Å². The molecule has 1 saturated carbocycles. The van der Waals surface area contributed by atoms with Crippen LogP contribution in [0.5, 0.6) is 5.75 Å². The number of rotatable bonds is 5. The van der Waals surface area contributed by atoms with Crippen LogP contribution in [-0.2, 0) is 0 Å². The molecule has 1 aliphatic rings. The van der Waals surface area contributed by atoms with E-state index in [0.29, 0.717) is 17.7 Å². The molecule has 0 bridgehead atoms. The summed E-state index contributed by atoms with van der Waals surface area (Å²) >= 11 is 0. The number of benzene rings is 2. The first-order valence-electron chi connectivity index (χ1n) is 7.33. The van der Waals surface area contributed by atoms with E-state index in [1.165, 1.54) is 18.7 Å². The van der Waals surface area contributed by atoms with Crippen LogP contribution in [0.25, 0.3) is 0 Å². The number of nitrogens with one attached hydrogen (secondary N) is 1. The number of ether oxygens (including phenoxy) is 1. The Kier molecular flexibility index (Phi) is 3.93. The summed E-state index contributed by atoms with van der Waals surface area (Å²) in [5.74, 6) is 0.578. The summed E-state index contributed by atoms with van der Waals surface area (Å²) in [6.45, 7) is 2.10. The molecule has 110 valence electrons. The third-order valence-electron chi connectivity index (χ3n) is 4.16. The minimum atomic E-state index is -0.318. The molecule has 1 fully saturated rings. The summed E-state index contributed by atoms with van der Waals surface area (Å²) in [6.07, 6.45) is 1.16. The van der Waals surface area contributed by atoms with Crippen molar-refractivity contribution >= 4 is 0 Å². The van der Waals surface area contributed by atoms with Crippen molar-refractivity contribution in [1.29, 1.82) is 0 Å². The highest BCUT2D eigenvalue weighted by Crippen LogP contribution is 2.42. The molecule has 2 aromatic rings. The van der Waals surface area contributed by atoms with Gasteiger partial charge in [0.2, 0.25) is 0 Å². The van der Waals surface area contributed by atoms with Crippen LogP contribution in [0.15, 0.2) is 48.5 Å². The van der Waals surface area contributed by atoms with Gasteiger partial charge >= 0.3 is 0 Å². The van der Waals surface area contributed by atoms with E-state index in [1.807, 2.05) is 12.1 Å². The number of methoxy groups -OCH3 is 1. The number of hydrogen-bond donors (Lipinski definition) is 1. The smallest absolute Gasteiger partial charge is 0.165 e. The fourth-order valence-corrected chi connectivity index (χ4v) is 2.81. The highest BCUT2D eigenvalue weighted by atomic mass is 19.1. The first-order chi connectivity index (χ1) is 10.2. The first-order valence-corrected chi connectivity index (χ1v) is 7.33. The molecule has 3 rings (SSSR count). The minimum Gasteiger partial charge on any atom is -0.494 e. The van der Waals surface area contributed by atoms with Gasteiger partial charge in [-0.05, 0) is 36.6 Å². The Morgan fingerprint density at radius 1 is 1.19 bits per heavy atom. The maximum absolute atomic E-state index is 13.4. The van der Waals surface area contributed by atoms with Gasteiger partial charge in [-0.1, -0.05) is 36.4 Å². The van der Waals surface area contributed by atoms with E-state index in [0.717, 1.165) is 12.0 Å². The fraction of sp³-hybridized carbons (Fsp3) is 0.333. The van der Waals surface area contributed by atoms with Gasteiger partial charge in [0.1, 0.15) is 0 Å². The van der Waals surface area contributed by atoms with Crippen molar-refractivity contribution in [2.24, 2.45) is 0 Å². The van der Waals surface area contributed by atoms with Gasteiger partial charge in [-0.3, -0.25) is 0 Å². The van der Waals surface area contributed by atoms with Crippen molar-refractivity contribution in [1.82, 2.24) is 5.32 Å². The van der Waals surface area contributed by atoms with Crippen LogP contribution in [0.3, 0.4) is 0 Å². The lowest BCUT2D eigenvalue weighted by molar-refractivity contribution is 0.385. The minimum absolute atomic E-state index is 0.179. The van der Waals surface area contributed by atoms with Crippen molar-refractivity contribution in [3.8, 4) is 5.75 Å². The molecular formula is C18H20FNO. The van der Waals surface area contributed by atoms with Crippen LogP contribution in [0.1, 0.15) is 36.4 Å². The van der Waals surface area contributed by atoms with Gasteiger partial charge in [0.15, 0.2) is 11.6 Å². The van der Waals surface area contributed by atoms with Gasteiger partial charge in [-0.25, -0.2) is 4.39 Å². The second-order valence-electron chi connectivity index (χ2n) is 5.64. The van der Waals surface area contributed by atoms with Gasteiger partial charge in [-0.2, -0.15) is 0 Å². The average Bonchev–Trinajstić information content (AvgIpc) is 3.27. The normalized spacial score (nSPS) is 21.9. The molecule has 0 amide bonds. The standard InChI is InChI=1S/C18H20FNO/c1-12(14-8-9-16(19)18(10-14)21-2)20-17-11-15(17)13-6-4-3-5-7-13/h3-10,12,15,17,20H,11H2,1-2H3. The fourth-order valence-electron chi connectivity index (χ4n) is 2.81. The predicted octanol–water partition coefficient (Wildman–Crippen LogP) is 4.04. The van der Waals surface area contributed by atoms with Crippen LogP contribution >= 0.6 is 0 Å². The van der Waals surface area contributed by atoms with Crippen LogP contribution in [-0.4, -0.2) is 13.2 Å². The zero-order valence-electron chi connectivity index (χ0n) is 12.3. The van der Waals surface area contributed by atoms with E-state index >= 15 is 0 Å². The monoisotopic (exact) mass is 285 g/mol. The third-order valence-corrected chi connectivity index (χ3v) is 4.16. The molecule has 2 nitrogen and oxygen atoms in total. The van der Waals surface area contributed by atoms with E-state index in [2.05, 4.69) is 36.5 Å². The molecule has 2 aromatic carbocycles. The van der Waals surface area contributed by atoms with Crippen molar-refractivity contribution < 1.29 is 9.13 Å². The van der Waals surface area contributed by atoms with Crippen LogP contribution in [0.4, 0.5) is 4.39 Å². The number of hydrogen-bond acceptors (Lipinski definition) is 2. The Hall–Kier alpha value is -1.87. The molecule has 3 unspecified atom stereocenters. The van der Waals surface area contributed by atoms with E-state index < -0.39 is 0 Å². The third kappa shape index (κ3) is 3.08. The predicted molar refractivity (Wildman–Crippen MR) is 82.1 cm³/mol. The molecule has 0 radical (unpaired) electrons. The molecule has 21 heavy (non-hydrogen) atoms. The van der Waals surface area contributed by atoms with Crippen LogP contribution in [0.2, 0.25) is 0 Å². The Bertz CT molecular complexity index is 614. The zero-order valence-corrected chi connectivity index (χ0v) is 12.3. The molecule has 1 aliphatic carbocycles. The summed E-state index contributed by atoms with van der Waals surface area (Å²) < 4.78 is 18.5. The second-order valence-corrected chi connectivity index (χ2v) is 5.64. The summed E-state index contributed by atoms with van der Waals surface area (Å²) in [4.78, 5) is 0. The lowest BCUT2D eigenvalue weighted by atomic mass is 10.1. The van der Waals surface area contributed by atoms with Crippen molar-refractivity contribution in [2.75, 3.05) is 7.11 Å². The highest BCUT2D eigenvalue weighted by Gasteiger charge is 2.38. The maximum atomic E-state index is 13.4. The lowest BCUT2D eigenvalue weighted by Gasteiger charge is -2.15. The topological polar surface area (TPSA) is 21.3 Å². The molecule has 0 saturated heterocycles. The number of halogens is 1. The van der Waals surface area contributed by atoms with Gasteiger partial charge in [0.05, 0.1) is 7.11 Å². The second kappa shape index (κ2) is 5.86. The molecule has 0 heterocycles. The zero-order chi connectivity index (χ0) is 14.8. The molecular weight excluding hydrogens is 265 g/mol. The Labute approximate surface area is 125 Å². The van der Waals surface area contributed by atoms with Crippen molar-refractivity contribution in [3.05, 3.63) is 65.5 Å². The lowest BCUT2D eigenvalue weighted by Crippen LogP contribution is -2.22. The summed E-state index contributed by atoms with van der Waals surface area (Å²) in [6, 6.07) is 16.3. The summed E-state index contributed by atoms with van der Waals surface area (Å²) in [7, 11) is 1.49. The summed E-state index contributed by atoms with van der Waals surface area (Å²) in [5, 5.41) is 3.61. The Balaban J connectivity index is 1.64. The molecule has 0 spiro atoms. The Morgan fingerprint density at radius 2 is 1.95 bits per heavy atom. The maximum Gasteiger partial charge on any atom is 0.165 e. The first kappa shape index (κ1) is 14.1. The quantitative estimate of drug-likeness (QED) is 0.895. The van der Waals surface area contributed by atoms with E-state index in [9.17, 15) is 4.39 Å². The van der Waals surface area contributed by atoms with Gasteiger partial charge < -0.3 is 10.1 Å². The molecule has 3 heteroatoms. The summed E-state index contributed by atoms with van der Waals surface area (Å²) in [5.41, 5.74) is 2.44. The molecule has 0 aromatic heterocycles. The molecule has 1 N–H and O–H groups in total. The molecule has 3 atom stereocenters. The van der Waals surface area contributed by atoms with Crippen molar-refractivity contribution in [3.63, 3.8) is 0 Å². The van der Waals surface area contributed by atoms with E-state index in [-0.39, 0.29) is 11.9 Å². The largest absolute Gasteiger partial charge is 0.494 e. The highest BCUT2D eigenvalue weighted by molar-refractivity contribution is 5.33. The Morgan fingerprint density at radius 3 is 2.67 bits per heavy atom. The van der Waals surface area contributed by atoms with Gasteiger partial charge in [-0.15, -0.1) is 0 Å². The van der Waals surface area contributed by atoms with E-state index in [4.69, 9.17) is 4.74 Å². The average molecular weight is 285 g/mol. The van der Waals surface area contributed by atoms with Crippen molar-refractivity contribution in [2.45, 2.75) is 31.3 Å².